The van der Waals surface area contributed by atoms with Crippen LogP contribution in [0, 0.1) is 0 Å². The Hall–Kier alpha value is -1.87. The number of methoxy groups -OCH3 is 1. The van der Waals surface area contributed by atoms with Crippen molar-refractivity contribution < 1.29 is 9.47 Å². The molecule has 78 valence electrons. The van der Waals surface area contributed by atoms with Crippen molar-refractivity contribution in [3.63, 3.8) is 0 Å². The van der Waals surface area contributed by atoms with Gasteiger partial charge in [-0.25, -0.2) is 0 Å². The molecule has 0 N–H and O–H groups in total. The van der Waals surface area contributed by atoms with Crippen LogP contribution in [0.3, 0.4) is 0 Å². The summed E-state index contributed by atoms with van der Waals surface area (Å²) >= 11 is 0. The van der Waals surface area contributed by atoms with E-state index in [1.165, 1.54) is 0 Å². The summed E-state index contributed by atoms with van der Waals surface area (Å²) < 4.78 is 10.8. The first-order valence-electron chi connectivity index (χ1n) is 4.68. The first-order valence-corrected chi connectivity index (χ1v) is 4.68. The smallest absolute Gasteiger partial charge is 0.164 e. The molecule has 0 saturated carbocycles. The number of rotatable bonds is 3. The number of hydrogen-bond donors (Lipinski definition) is 0. The number of azide groups is 1. The molecule has 1 aromatic carbocycles. The minimum Gasteiger partial charge on any atom is -0.493 e. The van der Waals surface area contributed by atoms with Gasteiger partial charge in [-0.15, -0.1) is 0 Å². The highest BCUT2D eigenvalue weighted by molar-refractivity contribution is 5.49. The summed E-state index contributed by atoms with van der Waals surface area (Å²) in [5, 5.41) is 3.51. The molecule has 0 bridgehead atoms. The average Bonchev–Trinajstić information content (AvgIpc) is 2.68. The molecule has 1 atom stereocenters. The zero-order chi connectivity index (χ0) is 10.7. The maximum absolute atomic E-state index is 8.22. The van der Waals surface area contributed by atoms with Crippen molar-refractivity contribution in [3.8, 4) is 11.5 Å². The molecule has 15 heavy (non-hydrogen) atoms. The summed E-state index contributed by atoms with van der Waals surface area (Å²) in [6.07, 6.45) is 0.707. The molecule has 1 aliphatic heterocycles. The van der Waals surface area contributed by atoms with Gasteiger partial charge in [-0.3, -0.25) is 0 Å². The first kappa shape index (κ1) is 9.68. The summed E-state index contributed by atoms with van der Waals surface area (Å²) in [5.41, 5.74) is 9.33. The summed E-state index contributed by atoms with van der Waals surface area (Å²) in [6.45, 7) is 0.355. The zero-order valence-corrected chi connectivity index (χ0v) is 8.38. The van der Waals surface area contributed by atoms with E-state index >= 15 is 0 Å². The van der Waals surface area contributed by atoms with Crippen LogP contribution in [0.4, 0.5) is 0 Å². The molecular formula is C10H11N3O2. The predicted octanol–water partition coefficient (Wildman–Crippen LogP) is 2.31. The lowest BCUT2D eigenvalue weighted by Gasteiger charge is -2.08. The summed E-state index contributed by atoms with van der Waals surface area (Å²) in [6, 6.07) is 5.78. The predicted molar refractivity (Wildman–Crippen MR) is 55.1 cm³/mol. The molecule has 2 rings (SSSR count). The van der Waals surface area contributed by atoms with Gasteiger partial charge in [0.05, 0.1) is 13.7 Å². The molecule has 1 aliphatic rings. The Kier molecular flexibility index (Phi) is 2.65. The second-order valence-electron chi connectivity index (χ2n) is 3.31. The Labute approximate surface area is 87.2 Å². The summed E-state index contributed by atoms with van der Waals surface area (Å²) in [7, 11) is 1.61. The van der Waals surface area contributed by atoms with Gasteiger partial charge in [-0.1, -0.05) is 17.2 Å². The van der Waals surface area contributed by atoms with Gasteiger partial charge in [0.15, 0.2) is 11.5 Å². The Morgan fingerprint density at radius 3 is 3.27 bits per heavy atom. The Morgan fingerprint density at radius 2 is 2.53 bits per heavy atom. The van der Waals surface area contributed by atoms with Gasteiger partial charge in [0.2, 0.25) is 0 Å². The molecule has 0 fully saturated rings. The zero-order valence-electron chi connectivity index (χ0n) is 8.38. The number of hydrogen-bond acceptors (Lipinski definition) is 3. The molecule has 1 heterocycles. The standard InChI is InChI=1S/C10H11N3O2/c1-14-9-4-2-3-7-5-8(6-12-13-11)15-10(7)9/h2-4,8H,5-6H2,1H3/t8-/m1/s1. The van der Waals surface area contributed by atoms with Crippen LogP contribution in [0.5, 0.6) is 11.5 Å². The molecule has 0 aromatic heterocycles. The summed E-state index contributed by atoms with van der Waals surface area (Å²) in [5.74, 6) is 1.51. The van der Waals surface area contributed by atoms with Crippen LogP contribution < -0.4 is 9.47 Å². The molecule has 0 unspecified atom stereocenters. The third kappa shape index (κ3) is 1.82. The number of para-hydroxylation sites is 1. The fourth-order valence-electron chi connectivity index (χ4n) is 1.70. The van der Waals surface area contributed by atoms with Crippen molar-refractivity contribution in [1.82, 2.24) is 0 Å². The molecule has 0 amide bonds. The fourth-order valence-corrected chi connectivity index (χ4v) is 1.70. The van der Waals surface area contributed by atoms with Gasteiger partial charge in [0.1, 0.15) is 6.10 Å². The van der Waals surface area contributed by atoms with E-state index in [1.807, 2.05) is 18.2 Å². The lowest BCUT2D eigenvalue weighted by Crippen LogP contribution is -2.16. The highest BCUT2D eigenvalue weighted by atomic mass is 16.5. The van der Waals surface area contributed by atoms with Crippen molar-refractivity contribution in [2.75, 3.05) is 13.7 Å². The quantitative estimate of drug-likeness (QED) is 0.431. The van der Waals surface area contributed by atoms with Crippen LogP contribution in [0.15, 0.2) is 23.3 Å². The van der Waals surface area contributed by atoms with Gasteiger partial charge in [-0.2, -0.15) is 0 Å². The highest BCUT2D eigenvalue weighted by Crippen LogP contribution is 2.37. The fraction of sp³-hybridized carbons (Fsp3) is 0.400. The number of ether oxygens (including phenoxy) is 2. The van der Waals surface area contributed by atoms with E-state index in [9.17, 15) is 0 Å². The van der Waals surface area contributed by atoms with Crippen LogP contribution in [0.1, 0.15) is 5.56 Å². The Balaban J connectivity index is 2.19. The van der Waals surface area contributed by atoms with E-state index in [-0.39, 0.29) is 6.10 Å². The van der Waals surface area contributed by atoms with Gasteiger partial charge < -0.3 is 9.47 Å². The van der Waals surface area contributed by atoms with Crippen molar-refractivity contribution in [2.24, 2.45) is 5.11 Å². The van der Waals surface area contributed by atoms with Crippen LogP contribution >= 0.6 is 0 Å². The first-order chi connectivity index (χ1) is 7.35. The minimum atomic E-state index is -0.0628. The van der Waals surface area contributed by atoms with E-state index < -0.39 is 0 Å². The van der Waals surface area contributed by atoms with Crippen molar-refractivity contribution in [1.29, 1.82) is 0 Å². The van der Waals surface area contributed by atoms with E-state index in [0.717, 1.165) is 23.5 Å². The van der Waals surface area contributed by atoms with Gasteiger partial charge in [0.25, 0.3) is 0 Å². The van der Waals surface area contributed by atoms with Gasteiger partial charge in [0, 0.05) is 16.9 Å². The third-order valence-corrected chi connectivity index (χ3v) is 2.36. The normalized spacial score (nSPS) is 17.5. The molecule has 0 radical (unpaired) electrons. The monoisotopic (exact) mass is 205 g/mol. The van der Waals surface area contributed by atoms with Crippen LogP contribution in [-0.2, 0) is 6.42 Å². The number of fused-ring (bicyclic) bond motifs is 1. The van der Waals surface area contributed by atoms with Crippen LogP contribution in [-0.4, -0.2) is 19.8 Å². The number of benzene rings is 1. The third-order valence-electron chi connectivity index (χ3n) is 2.36. The lowest BCUT2D eigenvalue weighted by molar-refractivity contribution is 0.231. The molecule has 1 aromatic rings. The topological polar surface area (TPSA) is 67.2 Å². The van der Waals surface area contributed by atoms with E-state index in [2.05, 4.69) is 10.0 Å². The minimum absolute atomic E-state index is 0.0628. The molecule has 0 spiro atoms. The Bertz CT molecular complexity index is 413. The van der Waals surface area contributed by atoms with E-state index in [4.69, 9.17) is 15.0 Å². The van der Waals surface area contributed by atoms with Crippen LogP contribution in [0.25, 0.3) is 10.4 Å². The maximum atomic E-state index is 8.22. The average molecular weight is 205 g/mol. The number of nitrogens with zero attached hydrogens (tertiary/aromatic N) is 3. The van der Waals surface area contributed by atoms with Crippen molar-refractivity contribution >= 4 is 0 Å². The highest BCUT2D eigenvalue weighted by Gasteiger charge is 2.24. The summed E-state index contributed by atoms with van der Waals surface area (Å²) in [4.78, 5) is 2.72. The second-order valence-corrected chi connectivity index (χ2v) is 3.31. The van der Waals surface area contributed by atoms with Crippen molar-refractivity contribution in [3.05, 3.63) is 34.2 Å². The molecule has 0 saturated heterocycles. The molecule has 5 nitrogen and oxygen atoms in total. The van der Waals surface area contributed by atoms with Gasteiger partial charge in [-0.05, 0) is 11.6 Å². The van der Waals surface area contributed by atoms with E-state index in [1.54, 1.807) is 7.11 Å². The van der Waals surface area contributed by atoms with E-state index in [0.29, 0.717) is 6.54 Å². The van der Waals surface area contributed by atoms with Gasteiger partial charge >= 0.3 is 0 Å². The molecule has 0 aliphatic carbocycles. The van der Waals surface area contributed by atoms with Crippen molar-refractivity contribution in [2.45, 2.75) is 12.5 Å². The second kappa shape index (κ2) is 4.11. The maximum Gasteiger partial charge on any atom is 0.164 e. The SMILES string of the molecule is COc1cccc2c1O[C@@H](CN=[N+]=[N-])C2. The largest absolute Gasteiger partial charge is 0.493 e. The van der Waals surface area contributed by atoms with Crippen LogP contribution in [0.2, 0.25) is 0 Å². The molecular weight excluding hydrogens is 194 g/mol. The molecule has 5 heteroatoms. The lowest BCUT2D eigenvalue weighted by atomic mass is 10.1. The Morgan fingerprint density at radius 1 is 1.67 bits per heavy atom.